The molecule has 2 heterocycles. The second kappa shape index (κ2) is 7.65. The summed E-state index contributed by atoms with van der Waals surface area (Å²) in [7, 11) is 0. The first-order chi connectivity index (χ1) is 12.9. The van der Waals surface area contributed by atoms with Gasteiger partial charge in [0.15, 0.2) is 17.2 Å². The predicted octanol–water partition coefficient (Wildman–Crippen LogP) is 3.91. The van der Waals surface area contributed by atoms with Gasteiger partial charge in [0.1, 0.15) is 30.2 Å². The molecule has 2 aromatic heterocycles. The van der Waals surface area contributed by atoms with Gasteiger partial charge in [0.25, 0.3) is 0 Å². The monoisotopic (exact) mass is 372 g/mol. The number of pyridine rings is 1. The molecule has 0 saturated heterocycles. The smallest absolute Gasteiger partial charge is 0.182 e. The molecule has 0 spiro atoms. The molecule has 0 saturated carbocycles. The average Bonchev–Trinajstić information content (AvgIpc) is 2.97. The third-order valence-electron chi connectivity index (χ3n) is 4.23. The minimum atomic E-state index is -0.694. The quantitative estimate of drug-likeness (QED) is 0.466. The molecule has 0 aliphatic heterocycles. The summed E-state index contributed by atoms with van der Waals surface area (Å²) in [5, 5.41) is 0. The molecular formula is C20H18F2N2O3. The maximum absolute atomic E-state index is 13.8. The molecule has 1 aromatic carbocycles. The molecular weight excluding hydrogens is 354 g/mol. The Morgan fingerprint density at radius 2 is 1.96 bits per heavy atom. The van der Waals surface area contributed by atoms with E-state index in [9.17, 15) is 18.4 Å². The Hall–Kier alpha value is -3.09. The number of hydrogen-bond donors (Lipinski definition) is 0. The number of fused-ring (bicyclic) bond motifs is 1. The molecule has 0 fully saturated rings. The molecule has 3 aromatic rings. The van der Waals surface area contributed by atoms with Gasteiger partial charge in [-0.05, 0) is 31.2 Å². The number of aldehydes is 1. The van der Waals surface area contributed by atoms with E-state index < -0.39 is 17.6 Å². The number of imidazole rings is 1. The number of halogens is 2. The van der Waals surface area contributed by atoms with E-state index >= 15 is 0 Å². The Bertz CT molecular complexity index is 994. The van der Waals surface area contributed by atoms with E-state index in [0.717, 1.165) is 18.4 Å². The first-order valence-electron chi connectivity index (χ1n) is 8.44. The second-order valence-corrected chi connectivity index (χ2v) is 6.34. The highest BCUT2D eigenvalue weighted by Gasteiger charge is 2.20. The number of carbonyl (C=O) groups is 2. The molecule has 0 aliphatic carbocycles. The van der Waals surface area contributed by atoms with Crippen molar-refractivity contribution in [2.45, 2.75) is 26.9 Å². The summed E-state index contributed by atoms with van der Waals surface area (Å²) >= 11 is 0. The van der Waals surface area contributed by atoms with Gasteiger partial charge in [-0.2, -0.15) is 0 Å². The van der Waals surface area contributed by atoms with Gasteiger partial charge in [-0.15, -0.1) is 0 Å². The van der Waals surface area contributed by atoms with Crippen LogP contribution in [0.3, 0.4) is 0 Å². The lowest BCUT2D eigenvalue weighted by Gasteiger charge is -2.10. The van der Waals surface area contributed by atoms with Crippen molar-refractivity contribution >= 4 is 17.7 Å². The predicted molar refractivity (Wildman–Crippen MR) is 94.8 cm³/mol. The van der Waals surface area contributed by atoms with Crippen molar-refractivity contribution in [3.8, 4) is 5.75 Å². The van der Waals surface area contributed by atoms with Crippen LogP contribution in [0.4, 0.5) is 8.78 Å². The fourth-order valence-electron chi connectivity index (χ4n) is 2.86. The Kier molecular flexibility index (Phi) is 5.30. The highest BCUT2D eigenvalue weighted by atomic mass is 19.1. The van der Waals surface area contributed by atoms with Gasteiger partial charge in [0, 0.05) is 18.5 Å². The number of hydrogen-bond acceptors (Lipinski definition) is 4. The van der Waals surface area contributed by atoms with Gasteiger partial charge in [0.05, 0.1) is 11.3 Å². The summed E-state index contributed by atoms with van der Waals surface area (Å²) < 4.78 is 34.7. The maximum atomic E-state index is 13.8. The number of ether oxygens (including phenoxy) is 1. The summed E-state index contributed by atoms with van der Waals surface area (Å²) in [6.45, 7) is 3.04. The zero-order valence-electron chi connectivity index (χ0n) is 14.9. The van der Waals surface area contributed by atoms with Crippen LogP contribution in [0.25, 0.3) is 5.65 Å². The van der Waals surface area contributed by atoms with Crippen LogP contribution in [-0.2, 0) is 11.4 Å². The number of benzene rings is 1. The first kappa shape index (κ1) is 18.7. The Balaban J connectivity index is 1.93. The number of aryl methyl sites for hydroxylation is 1. The van der Waals surface area contributed by atoms with Crippen molar-refractivity contribution in [3.63, 3.8) is 0 Å². The molecule has 0 unspecified atom stereocenters. The van der Waals surface area contributed by atoms with Crippen molar-refractivity contribution in [1.29, 1.82) is 0 Å². The van der Waals surface area contributed by atoms with E-state index in [-0.39, 0.29) is 24.4 Å². The van der Waals surface area contributed by atoms with Crippen LogP contribution < -0.4 is 4.74 Å². The van der Waals surface area contributed by atoms with E-state index in [1.54, 1.807) is 36.6 Å². The summed E-state index contributed by atoms with van der Waals surface area (Å²) in [4.78, 5) is 27.7. The molecule has 0 bridgehead atoms. The molecule has 140 valence electrons. The van der Waals surface area contributed by atoms with Gasteiger partial charge in [-0.1, -0.05) is 13.0 Å². The fourth-order valence-corrected chi connectivity index (χ4v) is 2.86. The van der Waals surface area contributed by atoms with Crippen LogP contribution in [0.15, 0.2) is 36.5 Å². The van der Waals surface area contributed by atoms with Crippen molar-refractivity contribution in [2.24, 2.45) is 5.92 Å². The molecule has 0 N–H and O–H groups in total. The molecule has 1 atom stereocenters. The van der Waals surface area contributed by atoms with Crippen molar-refractivity contribution < 1.29 is 23.1 Å². The van der Waals surface area contributed by atoms with E-state index in [1.807, 2.05) is 0 Å². The normalized spacial score (nSPS) is 12.1. The highest BCUT2D eigenvalue weighted by Crippen LogP contribution is 2.25. The van der Waals surface area contributed by atoms with Crippen molar-refractivity contribution in [1.82, 2.24) is 9.38 Å². The van der Waals surface area contributed by atoms with Crippen LogP contribution in [0.1, 0.15) is 35.1 Å². The summed E-state index contributed by atoms with van der Waals surface area (Å²) in [5.74, 6) is -1.70. The highest BCUT2D eigenvalue weighted by molar-refractivity contribution is 5.97. The largest absolute Gasteiger partial charge is 0.485 e. The van der Waals surface area contributed by atoms with Crippen LogP contribution in [0.2, 0.25) is 0 Å². The second-order valence-electron chi connectivity index (χ2n) is 6.34. The number of carbonyl (C=O) groups excluding carboxylic acids is 2. The van der Waals surface area contributed by atoms with Crippen LogP contribution in [0.5, 0.6) is 5.75 Å². The summed E-state index contributed by atoms with van der Waals surface area (Å²) in [6, 6.07) is 6.87. The first-order valence-corrected chi connectivity index (χ1v) is 8.44. The van der Waals surface area contributed by atoms with Gasteiger partial charge in [-0.3, -0.25) is 9.20 Å². The number of Topliss-reactive ketones (excluding diaryl/α,β-unsaturated/α-hetero) is 1. The van der Waals surface area contributed by atoms with E-state index in [4.69, 9.17) is 4.74 Å². The lowest BCUT2D eigenvalue weighted by atomic mass is 10.0. The Morgan fingerprint density at radius 3 is 2.63 bits per heavy atom. The third kappa shape index (κ3) is 3.72. The number of nitrogens with zero attached hydrogens (tertiary/aromatic N) is 2. The van der Waals surface area contributed by atoms with Crippen LogP contribution in [-0.4, -0.2) is 21.5 Å². The zero-order valence-corrected chi connectivity index (χ0v) is 14.9. The number of rotatable bonds is 7. The molecule has 27 heavy (non-hydrogen) atoms. The summed E-state index contributed by atoms with van der Waals surface area (Å²) in [6.07, 6.45) is 2.46. The van der Waals surface area contributed by atoms with E-state index in [2.05, 4.69) is 4.98 Å². The maximum Gasteiger partial charge on any atom is 0.182 e. The summed E-state index contributed by atoms with van der Waals surface area (Å²) in [5.41, 5.74) is 1.04. The standard InChI is InChI=1S/C20H18F2N2O3/c1-12(10-25)9-17(26)19-13(2)23-20-18(7-4-8-24(19)20)27-11-14-15(21)5-3-6-16(14)22/h3-8,10,12H,9,11H2,1-2H3/t12-/m0/s1. The van der Waals surface area contributed by atoms with Gasteiger partial charge < -0.3 is 9.53 Å². The number of ketones is 1. The SMILES string of the molecule is Cc1nc2c(OCc3c(F)cccc3F)cccn2c1C(=O)C[C@H](C)C=O. The van der Waals surface area contributed by atoms with E-state index in [1.165, 1.54) is 6.07 Å². The minimum Gasteiger partial charge on any atom is -0.485 e. The van der Waals surface area contributed by atoms with Crippen molar-refractivity contribution in [3.05, 3.63) is 65.1 Å². The molecule has 5 nitrogen and oxygen atoms in total. The van der Waals surface area contributed by atoms with E-state index in [0.29, 0.717) is 22.8 Å². The molecule has 7 heteroatoms. The zero-order chi connectivity index (χ0) is 19.6. The van der Waals surface area contributed by atoms with Gasteiger partial charge >= 0.3 is 0 Å². The van der Waals surface area contributed by atoms with Gasteiger partial charge in [0.2, 0.25) is 0 Å². The average molecular weight is 372 g/mol. The lowest BCUT2D eigenvalue weighted by Crippen LogP contribution is -2.11. The van der Waals surface area contributed by atoms with Crippen LogP contribution in [0, 0.1) is 24.5 Å². The van der Waals surface area contributed by atoms with Crippen molar-refractivity contribution in [2.75, 3.05) is 0 Å². The van der Waals surface area contributed by atoms with Gasteiger partial charge in [-0.25, -0.2) is 13.8 Å². The van der Waals surface area contributed by atoms with Crippen LogP contribution >= 0.6 is 0 Å². The molecule has 3 rings (SSSR count). The fraction of sp³-hybridized carbons (Fsp3) is 0.250. The molecule has 0 aliphatic rings. The lowest BCUT2D eigenvalue weighted by molar-refractivity contribution is -0.110. The Morgan fingerprint density at radius 1 is 1.26 bits per heavy atom. The topological polar surface area (TPSA) is 60.7 Å². The minimum absolute atomic E-state index is 0.0731. The molecule has 0 radical (unpaired) electrons. The number of aromatic nitrogens is 2. The third-order valence-corrected chi connectivity index (χ3v) is 4.23. The molecule has 0 amide bonds. The Labute approximate surface area is 154 Å².